The summed E-state index contributed by atoms with van der Waals surface area (Å²) in [6.45, 7) is 0. The first kappa shape index (κ1) is 26.4. The summed E-state index contributed by atoms with van der Waals surface area (Å²) in [5.41, 5.74) is 4.54. The quantitative estimate of drug-likeness (QED) is 0.120. The third-order valence-corrected chi connectivity index (χ3v) is 8.27. The predicted molar refractivity (Wildman–Crippen MR) is 161 cm³/mol. The Labute approximate surface area is 248 Å². The van der Waals surface area contributed by atoms with Gasteiger partial charge in [-0.3, -0.25) is 19.7 Å². The number of nitro groups is 1. The van der Waals surface area contributed by atoms with E-state index in [0.717, 1.165) is 5.56 Å². The molecular weight excluding hydrogens is 569 g/mol. The minimum Gasteiger partial charge on any atom is -0.268 e. The summed E-state index contributed by atoms with van der Waals surface area (Å²) >= 11 is 1.36. The standard InChI is InChI=1S/C32H20FN5O4S/c33-22-13-11-19(12-14-22)29-17-27(20-5-4-8-24(16-20)38(41)42)35-37(29)32-34-28(18-43-32)21-6-3-7-23(15-21)36-30(39)25-9-1-2-10-26(25)31(36)40/h1-16,18,29H,17H2/t29-/m0/s1. The molecule has 0 spiro atoms. The van der Waals surface area contributed by atoms with Gasteiger partial charge in [-0.25, -0.2) is 19.3 Å². The first-order valence-corrected chi connectivity index (χ1v) is 14.2. The van der Waals surface area contributed by atoms with Crippen molar-refractivity contribution in [2.24, 2.45) is 5.10 Å². The highest BCUT2D eigenvalue weighted by atomic mass is 32.1. The summed E-state index contributed by atoms with van der Waals surface area (Å²) in [7, 11) is 0. The number of hydrogen-bond donors (Lipinski definition) is 0. The molecule has 0 saturated heterocycles. The van der Waals surface area contributed by atoms with Gasteiger partial charge in [0.2, 0.25) is 5.13 Å². The molecule has 2 amide bonds. The van der Waals surface area contributed by atoms with Gasteiger partial charge in [-0.15, -0.1) is 11.3 Å². The van der Waals surface area contributed by atoms with Gasteiger partial charge in [0.15, 0.2) is 0 Å². The summed E-state index contributed by atoms with van der Waals surface area (Å²) in [4.78, 5) is 43.0. The highest BCUT2D eigenvalue weighted by Gasteiger charge is 2.36. The first-order valence-electron chi connectivity index (χ1n) is 13.3. The molecule has 0 unspecified atom stereocenters. The van der Waals surface area contributed by atoms with E-state index >= 15 is 0 Å². The zero-order valence-electron chi connectivity index (χ0n) is 22.3. The van der Waals surface area contributed by atoms with Crippen LogP contribution in [0.15, 0.2) is 108 Å². The molecule has 7 rings (SSSR count). The maximum atomic E-state index is 13.8. The van der Waals surface area contributed by atoms with Crippen molar-refractivity contribution in [2.45, 2.75) is 12.5 Å². The largest absolute Gasteiger partial charge is 0.270 e. The zero-order chi connectivity index (χ0) is 29.7. The van der Waals surface area contributed by atoms with Crippen molar-refractivity contribution < 1.29 is 18.9 Å². The predicted octanol–water partition coefficient (Wildman–Crippen LogP) is 7.01. The molecule has 43 heavy (non-hydrogen) atoms. The molecular formula is C32H20FN5O4S. The molecule has 2 aliphatic heterocycles. The van der Waals surface area contributed by atoms with Crippen LogP contribution in [0, 0.1) is 15.9 Å². The Kier molecular flexibility index (Phi) is 6.36. The Morgan fingerprint density at radius 3 is 2.28 bits per heavy atom. The van der Waals surface area contributed by atoms with E-state index in [1.807, 2.05) is 11.4 Å². The summed E-state index contributed by atoms with van der Waals surface area (Å²) < 4.78 is 13.8. The zero-order valence-corrected chi connectivity index (χ0v) is 23.1. The first-order chi connectivity index (χ1) is 20.9. The van der Waals surface area contributed by atoms with E-state index in [1.54, 1.807) is 71.7 Å². The lowest BCUT2D eigenvalue weighted by atomic mass is 9.98. The molecule has 4 aromatic carbocycles. The second kappa shape index (κ2) is 10.4. The van der Waals surface area contributed by atoms with Crippen LogP contribution in [0.4, 0.5) is 20.9 Å². The number of halogens is 1. The van der Waals surface area contributed by atoms with Crippen LogP contribution >= 0.6 is 11.3 Å². The second-order valence-corrected chi connectivity index (χ2v) is 10.9. The Bertz CT molecular complexity index is 1940. The molecule has 0 N–H and O–H groups in total. The number of nitrogens with zero attached hydrogens (tertiary/aromatic N) is 5. The monoisotopic (exact) mass is 589 g/mol. The van der Waals surface area contributed by atoms with Gasteiger partial charge in [-0.1, -0.05) is 48.5 Å². The van der Waals surface area contributed by atoms with Crippen LogP contribution in [0.25, 0.3) is 11.3 Å². The van der Waals surface area contributed by atoms with Crippen molar-refractivity contribution in [3.8, 4) is 11.3 Å². The van der Waals surface area contributed by atoms with Gasteiger partial charge < -0.3 is 0 Å². The number of nitro benzene ring substituents is 1. The molecule has 1 atom stereocenters. The van der Waals surface area contributed by atoms with Gasteiger partial charge in [0.25, 0.3) is 17.5 Å². The van der Waals surface area contributed by atoms with Gasteiger partial charge in [-0.2, -0.15) is 5.10 Å². The SMILES string of the molecule is O=C1c2ccccc2C(=O)N1c1cccc(-c2csc(N3N=C(c4cccc([N+](=O)[O-])c4)C[C@H]3c3ccc(F)cc3)n2)c1. The summed E-state index contributed by atoms with van der Waals surface area (Å²) in [5.74, 6) is -1.11. The van der Waals surface area contributed by atoms with Gasteiger partial charge in [-0.05, 0) is 42.0 Å². The van der Waals surface area contributed by atoms with E-state index in [1.165, 1.54) is 40.5 Å². The summed E-state index contributed by atoms with van der Waals surface area (Å²) in [6.07, 6.45) is 0.428. The van der Waals surface area contributed by atoms with Crippen LogP contribution in [0.2, 0.25) is 0 Å². The third kappa shape index (κ3) is 4.65. The van der Waals surface area contributed by atoms with Crippen LogP contribution < -0.4 is 9.91 Å². The van der Waals surface area contributed by atoms with Crippen molar-refractivity contribution in [1.82, 2.24) is 4.98 Å². The number of hydrazone groups is 1. The number of rotatable bonds is 6. The van der Waals surface area contributed by atoms with Gasteiger partial charge in [0, 0.05) is 35.1 Å². The maximum absolute atomic E-state index is 13.8. The molecule has 0 bridgehead atoms. The highest BCUT2D eigenvalue weighted by Crippen LogP contribution is 2.40. The maximum Gasteiger partial charge on any atom is 0.270 e. The average molecular weight is 590 g/mol. The normalized spacial score (nSPS) is 16.0. The van der Waals surface area contributed by atoms with Gasteiger partial charge in [0.1, 0.15) is 5.82 Å². The van der Waals surface area contributed by atoms with E-state index < -0.39 is 4.92 Å². The van der Waals surface area contributed by atoms with Gasteiger partial charge >= 0.3 is 0 Å². The summed E-state index contributed by atoms with van der Waals surface area (Å²) in [6, 6.07) is 26.0. The van der Waals surface area contributed by atoms with E-state index in [9.17, 15) is 24.1 Å². The molecule has 2 aliphatic rings. The summed E-state index contributed by atoms with van der Waals surface area (Å²) in [5, 5.41) is 20.4. The van der Waals surface area contributed by atoms with E-state index in [4.69, 9.17) is 10.1 Å². The van der Waals surface area contributed by atoms with Crippen molar-refractivity contribution in [1.29, 1.82) is 0 Å². The Morgan fingerprint density at radius 2 is 1.56 bits per heavy atom. The molecule has 0 radical (unpaired) electrons. The molecule has 0 saturated carbocycles. The number of carbonyl (C=O) groups excluding carboxylic acids is 2. The van der Waals surface area contributed by atoms with Crippen molar-refractivity contribution in [3.63, 3.8) is 0 Å². The number of amides is 2. The molecule has 0 aliphatic carbocycles. The highest BCUT2D eigenvalue weighted by molar-refractivity contribution is 7.14. The lowest BCUT2D eigenvalue weighted by Crippen LogP contribution is -2.29. The minimum atomic E-state index is -0.447. The fourth-order valence-corrected chi connectivity index (χ4v) is 6.17. The van der Waals surface area contributed by atoms with Crippen LogP contribution in [-0.2, 0) is 0 Å². The molecule has 210 valence electrons. The van der Waals surface area contributed by atoms with Crippen LogP contribution in [-0.4, -0.2) is 27.4 Å². The number of benzene rings is 4. The number of imide groups is 1. The Morgan fingerprint density at radius 1 is 0.860 bits per heavy atom. The van der Waals surface area contributed by atoms with E-state index in [0.29, 0.717) is 50.9 Å². The molecule has 3 heterocycles. The number of thiazole rings is 1. The minimum absolute atomic E-state index is 0.0357. The fraction of sp³-hybridized carbons (Fsp3) is 0.0625. The fourth-order valence-electron chi connectivity index (χ4n) is 5.33. The second-order valence-electron chi connectivity index (χ2n) is 10.0. The smallest absolute Gasteiger partial charge is 0.268 e. The molecule has 9 nitrogen and oxygen atoms in total. The van der Waals surface area contributed by atoms with Crippen molar-refractivity contribution in [3.05, 3.63) is 141 Å². The molecule has 5 aromatic rings. The lowest BCUT2D eigenvalue weighted by molar-refractivity contribution is -0.384. The lowest BCUT2D eigenvalue weighted by Gasteiger charge is -2.21. The topological polar surface area (TPSA) is 109 Å². The van der Waals surface area contributed by atoms with E-state index in [-0.39, 0.29) is 29.4 Å². The molecule has 0 fully saturated rings. The molecule has 11 heteroatoms. The van der Waals surface area contributed by atoms with Crippen molar-refractivity contribution >= 4 is 45.4 Å². The molecule has 1 aromatic heterocycles. The Balaban J connectivity index is 1.23. The Hall–Kier alpha value is -5.55. The number of fused-ring (bicyclic) bond motifs is 1. The van der Waals surface area contributed by atoms with Crippen molar-refractivity contribution in [2.75, 3.05) is 9.91 Å². The van der Waals surface area contributed by atoms with E-state index in [2.05, 4.69) is 0 Å². The number of hydrogen-bond acceptors (Lipinski definition) is 8. The number of aromatic nitrogens is 1. The van der Waals surface area contributed by atoms with Crippen LogP contribution in [0.5, 0.6) is 0 Å². The number of anilines is 2. The van der Waals surface area contributed by atoms with Crippen LogP contribution in [0.3, 0.4) is 0 Å². The number of carbonyl (C=O) groups is 2. The van der Waals surface area contributed by atoms with Gasteiger partial charge in [0.05, 0.1) is 39.2 Å². The van der Waals surface area contributed by atoms with Crippen LogP contribution in [0.1, 0.15) is 44.3 Å². The third-order valence-electron chi connectivity index (χ3n) is 7.44. The average Bonchev–Trinajstić information content (AvgIpc) is 3.75. The number of non-ortho nitro benzene ring substituents is 1.